The highest BCUT2D eigenvalue weighted by atomic mass is 35.5. The van der Waals surface area contributed by atoms with Gasteiger partial charge in [-0.25, -0.2) is 4.79 Å². The van der Waals surface area contributed by atoms with E-state index in [4.69, 9.17) is 5.73 Å². The number of carbonyl (C=O) groups excluding carboxylic acids is 2. The first-order valence-electron chi connectivity index (χ1n) is 5.09. The molecule has 18 heavy (non-hydrogen) atoms. The average molecular weight is 274 g/mol. The van der Waals surface area contributed by atoms with Crippen LogP contribution < -0.4 is 5.73 Å². The first-order valence-corrected chi connectivity index (χ1v) is 5.09. The van der Waals surface area contributed by atoms with Gasteiger partial charge in [0.15, 0.2) is 0 Å². The Morgan fingerprint density at radius 3 is 2.39 bits per heavy atom. The average Bonchev–Trinajstić information content (AvgIpc) is 2.37. The monoisotopic (exact) mass is 273 g/mol. The fraction of sp³-hybridized carbons (Fsp3) is 0.333. The lowest BCUT2D eigenvalue weighted by Gasteiger charge is -2.14. The minimum atomic E-state index is -0.585. The predicted molar refractivity (Wildman–Crippen MR) is 68.6 cm³/mol. The molecule has 6 heteroatoms. The zero-order valence-corrected chi connectivity index (χ0v) is 11.0. The van der Waals surface area contributed by atoms with Crippen LogP contribution in [0.4, 0.5) is 0 Å². The Balaban J connectivity index is 0.00000289. The molecule has 0 spiro atoms. The number of halogens is 1. The van der Waals surface area contributed by atoms with E-state index in [0.29, 0.717) is 11.1 Å². The molecule has 0 saturated heterocycles. The van der Waals surface area contributed by atoms with Crippen LogP contribution in [0.3, 0.4) is 0 Å². The van der Waals surface area contributed by atoms with Crippen molar-refractivity contribution in [2.45, 2.75) is 12.5 Å². The molecule has 1 rings (SSSR count). The minimum Gasteiger partial charge on any atom is -0.469 e. The van der Waals surface area contributed by atoms with Crippen LogP contribution in [0.2, 0.25) is 0 Å². The quantitative estimate of drug-likeness (QED) is 0.840. The van der Waals surface area contributed by atoms with Gasteiger partial charge in [-0.15, -0.1) is 12.4 Å². The van der Waals surface area contributed by atoms with Crippen molar-refractivity contribution in [2.75, 3.05) is 14.2 Å². The second-order valence-corrected chi connectivity index (χ2v) is 3.47. The predicted octanol–water partition coefficient (Wildman–Crippen LogP) is 1.46. The largest absolute Gasteiger partial charge is 0.469 e. The number of methoxy groups -OCH3 is 2. The Hall–Kier alpha value is -1.59. The molecule has 0 bridgehead atoms. The maximum absolute atomic E-state index is 11.5. The second-order valence-electron chi connectivity index (χ2n) is 3.47. The molecule has 5 nitrogen and oxygen atoms in total. The molecule has 0 aliphatic heterocycles. The van der Waals surface area contributed by atoms with E-state index < -0.39 is 18.0 Å². The van der Waals surface area contributed by atoms with Gasteiger partial charge in [0.05, 0.1) is 26.2 Å². The van der Waals surface area contributed by atoms with Gasteiger partial charge in [0.25, 0.3) is 0 Å². The number of esters is 2. The van der Waals surface area contributed by atoms with Crippen molar-refractivity contribution >= 4 is 24.3 Å². The molecule has 0 aliphatic carbocycles. The van der Waals surface area contributed by atoms with Crippen molar-refractivity contribution in [3.8, 4) is 0 Å². The van der Waals surface area contributed by atoms with Gasteiger partial charge in [0.1, 0.15) is 0 Å². The number of hydrogen-bond donors (Lipinski definition) is 1. The molecule has 0 heterocycles. The van der Waals surface area contributed by atoms with E-state index in [1.807, 2.05) is 0 Å². The normalized spacial score (nSPS) is 11.1. The van der Waals surface area contributed by atoms with Gasteiger partial charge in [-0.05, 0) is 11.6 Å². The molecule has 1 aromatic rings. The number of hydrogen-bond acceptors (Lipinski definition) is 5. The Kier molecular flexibility index (Phi) is 7.00. The number of nitrogens with two attached hydrogens (primary N) is 1. The Morgan fingerprint density at radius 1 is 1.22 bits per heavy atom. The molecule has 100 valence electrons. The smallest absolute Gasteiger partial charge is 0.338 e. The fourth-order valence-corrected chi connectivity index (χ4v) is 1.49. The number of rotatable bonds is 4. The maximum Gasteiger partial charge on any atom is 0.338 e. The van der Waals surface area contributed by atoms with Crippen LogP contribution in [0.1, 0.15) is 28.4 Å². The van der Waals surface area contributed by atoms with Gasteiger partial charge < -0.3 is 15.2 Å². The summed E-state index contributed by atoms with van der Waals surface area (Å²) in [5, 5.41) is 0. The summed E-state index contributed by atoms with van der Waals surface area (Å²) in [7, 11) is 2.59. The highest BCUT2D eigenvalue weighted by Crippen LogP contribution is 2.19. The first-order chi connectivity index (χ1) is 8.10. The molecular formula is C12H16ClNO4. The summed E-state index contributed by atoms with van der Waals surface area (Å²) in [5.74, 6) is -0.891. The third-order valence-corrected chi connectivity index (χ3v) is 2.38. The van der Waals surface area contributed by atoms with Crippen molar-refractivity contribution in [1.29, 1.82) is 0 Å². The molecule has 2 N–H and O–H groups in total. The Bertz CT molecular complexity index is 422. The lowest BCUT2D eigenvalue weighted by atomic mass is 9.99. The van der Waals surface area contributed by atoms with Gasteiger partial charge in [-0.3, -0.25) is 4.79 Å². The van der Waals surface area contributed by atoms with E-state index in [0.717, 1.165) is 0 Å². The summed E-state index contributed by atoms with van der Waals surface area (Å²) in [6, 6.07) is 6.18. The third kappa shape index (κ3) is 4.01. The summed E-state index contributed by atoms with van der Waals surface area (Å²) in [4.78, 5) is 22.6. The van der Waals surface area contributed by atoms with Crippen LogP contribution in [0.15, 0.2) is 24.3 Å². The van der Waals surface area contributed by atoms with Crippen LogP contribution in [-0.4, -0.2) is 26.2 Å². The zero-order valence-electron chi connectivity index (χ0n) is 10.2. The highest BCUT2D eigenvalue weighted by molar-refractivity contribution is 5.91. The topological polar surface area (TPSA) is 78.6 Å². The zero-order chi connectivity index (χ0) is 12.8. The van der Waals surface area contributed by atoms with Crippen LogP contribution in [0, 0.1) is 0 Å². The van der Waals surface area contributed by atoms with E-state index in [1.165, 1.54) is 14.2 Å². The summed E-state index contributed by atoms with van der Waals surface area (Å²) in [6.45, 7) is 0. The van der Waals surface area contributed by atoms with Gasteiger partial charge >= 0.3 is 11.9 Å². The van der Waals surface area contributed by atoms with Crippen molar-refractivity contribution < 1.29 is 19.1 Å². The van der Waals surface area contributed by atoms with E-state index >= 15 is 0 Å². The standard InChI is InChI=1S/C12H15NO4.ClH/c1-16-11(14)7-10(13)8-5-3-4-6-9(8)12(15)17-2;/h3-6,10H,7,13H2,1-2H3;1H/t10-;/m0./s1. The Morgan fingerprint density at radius 2 is 1.83 bits per heavy atom. The summed E-state index contributed by atoms with van der Waals surface area (Å²) in [5.41, 5.74) is 6.80. The third-order valence-electron chi connectivity index (χ3n) is 2.38. The molecule has 0 fully saturated rings. The van der Waals surface area contributed by atoms with Crippen LogP contribution in [-0.2, 0) is 14.3 Å². The van der Waals surface area contributed by atoms with Crippen molar-refractivity contribution in [1.82, 2.24) is 0 Å². The lowest BCUT2D eigenvalue weighted by Crippen LogP contribution is -2.19. The summed E-state index contributed by atoms with van der Waals surface area (Å²) in [6.07, 6.45) is 0.0184. The molecule has 0 aliphatic rings. The summed E-state index contributed by atoms with van der Waals surface area (Å²) < 4.78 is 9.18. The molecule has 1 aromatic carbocycles. The Labute approximate surface area is 112 Å². The molecular weight excluding hydrogens is 258 g/mol. The second kappa shape index (κ2) is 7.68. The van der Waals surface area contributed by atoms with Gasteiger partial charge in [-0.2, -0.15) is 0 Å². The molecule has 0 amide bonds. The lowest BCUT2D eigenvalue weighted by molar-refractivity contribution is -0.141. The number of carbonyl (C=O) groups is 2. The summed E-state index contributed by atoms with van der Waals surface area (Å²) >= 11 is 0. The van der Waals surface area contributed by atoms with Gasteiger partial charge in [-0.1, -0.05) is 18.2 Å². The van der Waals surface area contributed by atoms with Gasteiger partial charge in [0, 0.05) is 6.04 Å². The van der Waals surface area contributed by atoms with Crippen molar-refractivity contribution in [3.63, 3.8) is 0 Å². The molecule has 0 saturated carbocycles. The van der Waals surface area contributed by atoms with Crippen LogP contribution in [0.25, 0.3) is 0 Å². The highest BCUT2D eigenvalue weighted by Gasteiger charge is 2.18. The fourth-order valence-electron chi connectivity index (χ4n) is 1.49. The first kappa shape index (κ1) is 16.4. The van der Waals surface area contributed by atoms with E-state index in [-0.39, 0.29) is 18.8 Å². The number of ether oxygens (including phenoxy) is 2. The maximum atomic E-state index is 11.5. The van der Waals surface area contributed by atoms with Crippen molar-refractivity contribution in [2.24, 2.45) is 5.73 Å². The van der Waals surface area contributed by atoms with Crippen LogP contribution in [0.5, 0.6) is 0 Å². The van der Waals surface area contributed by atoms with Crippen LogP contribution >= 0.6 is 12.4 Å². The molecule has 0 aromatic heterocycles. The molecule has 0 radical (unpaired) electrons. The minimum absolute atomic E-state index is 0. The number of benzene rings is 1. The van der Waals surface area contributed by atoms with Crippen molar-refractivity contribution in [3.05, 3.63) is 35.4 Å². The molecule has 1 atom stereocenters. The SMILES string of the molecule is COC(=O)C[C@H](N)c1ccccc1C(=O)OC.Cl. The van der Waals surface area contributed by atoms with E-state index in [1.54, 1.807) is 24.3 Å². The molecule has 0 unspecified atom stereocenters. The van der Waals surface area contributed by atoms with Gasteiger partial charge in [0.2, 0.25) is 0 Å². The van der Waals surface area contributed by atoms with E-state index in [2.05, 4.69) is 9.47 Å². The van der Waals surface area contributed by atoms with E-state index in [9.17, 15) is 9.59 Å².